The van der Waals surface area contributed by atoms with E-state index < -0.39 is 23.7 Å². The zero-order chi connectivity index (χ0) is 20.3. The Kier molecular flexibility index (Phi) is 5.49. The van der Waals surface area contributed by atoms with E-state index in [0.717, 1.165) is 23.8 Å². The zero-order valence-electron chi connectivity index (χ0n) is 15.6. The molecule has 0 spiro atoms. The van der Waals surface area contributed by atoms with E-state index in [9.17, 15) is 14.4 Å². The largest absolute Gasteiger partial charge is 0.383 e. The van der Waals surface area contributed by atoms with Gasteiger partial charge in [-0.15, -0.1) is 0 Å². The summed E-state index contributed by atoms with van der Waals surface area (Å²) in [5.41, 5.74) is 6.06. The van der Waals surface area contributed by atoms with Gasteiger partial charge >= 0.3 is 5.69 Å². The monoisotopic (exact) mass is 382 g/mol. The molecule has 2 heterocycles. The Balaban J connectivity index is 1.89. The van der Waals surface area contributed by atoms with Crippen LogP contribution in [-0.4, -0.2) is 28.1 Å². The minimum Gasteiger partial charge on any atom is -0.383 e. The second-order valence-corrected chi connectivity index (χ2v) is 6.75. The molecule has 9 nitrogen and oxygen atoms in total. The van der Waals surface area contributed by atoms with Crippen LogP contribution < -0.4 is 27.2 Å². The lowest BCUT2D eigenvalue weighted by Crippen LogP contribution is -2.46. The lowest BCUT2D eigenvalue weighted by molar-refractivity contribution is -0.116. The SMILES string of the molecule is Cn1c(N)c(N2CCCCC2)c(=O)n(CC(=O)Nc2ccc(C#N)cc2)c1=O. The van der Waals surface area contributed by atoms with E-state index in [-0.39, 0.29) is 11.5 Å². The Morgan fingerprint density at radius 3 is 2.43 bits per heavy atom. The molecule has 1 aliphatic rings. The normalized spacial score (nSPS) is 13.8. The maximum absolute atomic E-state index is 12.9. The molecule has 9 heteroatoms. The van der Waals surface area contributed by atoms with Gasteiger partial charge in [0.1, 0.15) is 18.1 Å². The van der Waals surface area contributed by atoms with E-state index in [0.29, 0.717) is 24.3 Å². The van der Waals surface area contributed by atoms with Gasteiger partial charge in [0.2, 0.25) is 5.91 Å². The van der Waals surface area contributed by atoms with Crippen LogP contribution in [0.25, 0.3) is 0 Å². The second-order valence-electron chi connectivity index (χ2n) is 6.75. The number of benzene rings is 1. The predicted octanol–water partition coefficient (Wildman–Crippen LogP) is 0.630. The number of nitrogens with zero attached hydrogens (tertiary/aromatic N) is 4. The molecule has 3 N–H and O–H groups in total. The summed E-state index contributed by atoms with van der Waals surface area (Å²) in [6.45, 7) is 0.955. The van der Waals surface area contributed by atoms with Gasteiger partial charge in [-0.25, -0.2) is 9.36 Å². The molecule has 1 aromatic heterocycles. The minimum atomic E-state index is -0.641. The molecule has 0 saturated carbocycles. The first-order valence-corrected chi connectivity index (χ1v) is 9.06. The number of carbonyl (C=O) groups excluding carboxylic acids is 1. The number of nitrogen functional groups attached to an aromatic ring is 1. The first-order valence-electron chi connectivity index (χ1n) is 9.06. The highest BCUT2D eigenvalue weighted by Crippen LogP contribution is 2.20. The van der Waals surface area contributed by atoms with Crippen molar-refractivity contribution in [1.82, 2.24) is 9.13 Å². The number of piperidine rings is 1. The first kappa shape index (κ1) is 19.2. The maximum Gasteiger partial charge on any atom is 0.332 e. The van der Waals surface area contributed by atoms with Gasteiger partial charge in [0.05, 0.1) is 11.6 Å². The van der Waals surface area contributed by atoms with Crippen molar-refractivity contribution in [2.45, 2.75) is 25.8 Å². The first-order chi connectivity index (χ1) is 13.4. The molecule has 0 atom stereocenters. The summed E-state index contributed by atoms with van der Waals surface area (Å²) in [6.07, 6.45) is 2.98. The molecule has 0 bridgehead atoms. The van der Waals surface area contributed by atoms with Crippen molar-refractivity contribution in [2.75, 3.05) is 29.0 Å². The topological polar surface area (TPSA) is 126 Å². The van der Waals surface area contributed by atoms with Crippen molar-refractivity contribution in [1.29, 1.82) is 5.26 Å². The fourth-order valence-corrected chi connectivity index (χ4v) is 3.29. The van der Waals surface area contributed by atoms with Gasteiger partial charge in [0.15, 0.2) is 0 Å². The summed E-state index contributed by atoms with van der Waals surface area (Å²) in [4.78, 5) is 39.8. The van der Waals surface area contributed by atoms with Crippen molar-refractivity contribution in [3.63, 3.8) is 0 Å². The predicted molar refractivity (Wildman–Crippen MR) is 106 cm³/mol. The van der Waals surface area contributed by atoms with Crippen molar-refractivity contribution in [3.05, 3.63) is 50.7 Å². The van der Waals surface area contributed by atoms with E-state index in [4.69, 9.17) is 11.0 Å². The highest BCUT2D eigenvalue weighted by molar-refractivity contribution is 5.90. The number of hydrogen-bond donors (Lipinski definition) is 2. The number of hydrogen-bond acceptors (Lipinski definition) is 6. The number of amides is 1. The molecule has 1 fully saturated rings. The van der Waals surface area contributed by atoms with Crippen LogP contribution in [0, 0.1) is 11.3 Å². The summed E-state index contributed by atoms with van der Waals surface area (Å²) in [6, 6.07) is 8.29. The quantitative estimate of drug-likeness (QED) is 0.799. The van der Waals surface area contributed by atoms with Crippen LogP contribution >= 0.6 is 0 Å². The Hall–Kier alpha value is -3.54. The van der Waals surface area contributed by atoms with Crippen LogP contribution in [0.5, 0.6) is 0 Å². The van der Waals surface area contributed by atoms with E-state index in [1.807, 2.05) is 11.0 Å². The van der Waals surface area contributed by atoms with E-state index in [1.54, 1.807) is 24.3 Å². The third-order valence-corrected chi connectivity index (χ3v) is 4.84. The molecule has 0 radical (unpaired) electrons. The summed E-state index contributed by atoms with van der Waals surface area (Å²) >= 11 is 0. The standard InChI is InChI=1S/C19H22N6O3/c1-23-17(21)16(24-9-3-2-4-10-24)18(27)25(19(23)28)12-15(26)22-14-7-5-13(11-20)6-8-14/h5-8H,2-4,9-10,12,21H2,1H3,(H,22,26). The van der Waals surface area contributed by atoms with Crippen LogP contribution in [0.1, 0.15) is 24.8 Å². The van der Waals surface area contributed by atoms with Crippen molar-refractivity contribution in [3.8, 4) is 6.07 Å². The van der Waals surface area contributed by atoms with Gasteiger partial charge in [-0.05, 0) is 43.5 Å². The highest BCUT2D eigenvalue weighted by Gasteiger charge is 2.23. The molecule has 1 aliphatic heterocycles. The molecule has 3 rings (SSSR count). The second kappa shape index (κ2) is 8.00. The van der Waals surface area contributed by atoms with Crippen molar-refractivity contribution < 1.29 is 4.79 Å². The average molecular weight is 382 g/mol. The summed E-state index contributed by atoms with van der Waals surface area (Å²) in [7, 11) is 1.49. The highest BCUT2D eigenvalue weighted by atomic mass is 16.2. The lowest BCUT2D eigenvalue weighted by Gasteiger charge is -2.29. The van der Waals surface area contributed by atoms with E-state index >= 15 is 0 Å². The van der Waals surface area contributed by atoms with Crippen molar-refractivity contribution >= 4 is 23.1 Å². The summed E-state index contributed by atoms with van der Waals surface area (Å²) in [5.74, 6) is -0.404. The van der Waals surface area contributed by atoms with Gasteiger partial charge in [-0.1, -0.05) is 0 Å². The molecular weight excluding hydrogens is 360 g/mol. The number of nitrogens with one attached hydrogen (secondary N) is 1. The van der Waals surface area contributed by atoms with Gasteiger partial charge < -0.3 is 16.0 Å². The molecule has 1 aromatic carbocycles. The molecule has 1 saturated heterocycles. The smallest absolute Gasteiger partial charge is 0.332 e. The number of carbonyl (C=O) groups is 1. The number of aromatic nitrogens is 2. The summed E-state index contributed by atoms with van der Waals surface area (Å²) < 4.78 is 2.10. The molecule has 28 heavy (non-hydrogen) atoms. The number of nitriles is 1. The Morgan fingerprint density at radius 1 is 1.18 bits per heavy atom. The fourth-order valence-electron chi connectivity index (χ4n) is 3.29. The lowest BCUT2D eigenvalue weighted by atomic mass is 10.1. The third-order valence-electron chi connectivity index (χ3n) is 4.84. The van der Waals surface area contributed by atoms with Crippen LogP contribution in [0.15, 0.2) is 33.9 Å². The third kappa shape index (κ3) is 3.76. The maximum atomic E-state index is 12.9. The molecule has 0 aliphatic carbocycles. The zero-order valence-corrected chi connectivity index (χ0v) is 15.6. The van der Waals surface area contributed by atoms with E-state index in [2.05, 4.69) is 5.32 Å². The van der Waals surface area contributed by atoms with Gasteiger partial charge in [-0.3, -0.25) is 14.2 Å². The molecule has 2 aromatic rings. The Bertz CT molecular complexity index is 1040. The fraction of sp³-hybridized carbons (Fsp3) is 0.368. The Morgan fingerprint density at radius 2 is 1.82 bits per heavy atom. The number of nitrogens with two attached hydrogens (primary N) is 1. The Labute approximate surface area is 161 Å². The van der Waals surface area contributed by atoms with Crippen LogP contribution in [-0.2, 0) is 18.4 Å². The van der Waals surface area contributed by atoms with Crippen LogP contribution in [0.4, 0.5) is 17.2 Å². The van der Waals surface area contributed by atoms with Crippen molar-refractivity contribution in [2.24, 2.45) is 7.05 Å². The molecule has 0 unspecified atom stereocenters. The number of rotatable bonds is 4. The van der Waals surface area contributed by atoms with E-state index in [1.165, 1.54) is 11.6 Å². The van der Waals surface area contributed by atoms with Crippen LogP contribution in [0.3, 0.4) is 0 Å². The van der Waals surface area contributed by atoms with Gasteiger partial charge in [0, 0.05) is 25.8 Å². The minimum absolute atomic E-state index is 0.112. The molecule has 1 amide bonds. The van der Waals surface area contributed by atoms with Gasteiger partial charge in [-0.2, -0.15) is 5.26 Å². The summed E-state index contributed by atoms with van der Waals surface area (Å²) in [5, 5.41) is 11.4. The molecule has 146 valence electrons. The molecular formula is C19H22N6O3. The number of anilines is 3. The average Bonchev–Trinajstić information content (AvgIpc) is 2.71. The van der Waals surface area contributed by atoms with Crippen LogP contribution in [0.2, 0.25) is 0 Å². The van der Waals surface area contributed by atoms with Gasteiger partial charge in [0.25, 0.3) is 5.56 Å².